The van der Waals surface area contributed by atoms with E-state index in [0.29, 0.717) is 35.2 Å². The van der Waals surface area contributed by atoms with Crippen LogP contribution in [0.15, 0.2) is 42.5 Å². The normalized spacial score (nSPS) is 16.4. The molecule has 1 aromatic heterocycles. The average Bonchev–Trinajstić information content (AvgIpc) is 3.33. The number of ether oxygens (including phenoxy) is 1. The first-order valence-electron chi connectivity index (χ1n) is 8.97. The lowest BCUT2D eigenvalue weighted by Crippen LogP contribution is -2.43. The van der Waals surface area contributed by atoms with Crippen molar-refractivity contribution in [1.82, 2.24) is 14.9 Å². The van der Waals surface area contributed by atoms with Gasteiger partial charge in [0.25, 0.3) is 5.91 Å². The second-order valence-corrected chi connectivity index (χ2v) is 7.03. The maximum absolute atomic E-state index is 13.1. The van der Waals surface area contributed by atoms with Gasteiger partial charge in [0.1, 0.15) is 11.8 Å². The van der Waals surface area contributed by atoms with Gasteiger partial charge in [-0.15, -0.1) is 0 Å². The summed E-state index contributed by atoms with van der Waals surface area (Å²) < 4.78 is 5.28. The number of likely N-dealkylation sites (tertiary alicyclic amines) is 1. The lowest BCUT2D eigenvalue weighted by atomic mass is 10.1. The Kier molecular flexibility index (Phi) is 4.92. The number of anilines is 1. The van der Waals surface area contributed by atoms with Gasteiger partial charge >= 0.3 is 0 Å². The van der Waals surface area contributed by atoms with Crippen molar-refractivity contribution >= 4 is 40.4 Å². The first-order valence-corrected chi connectivity index (χ1v) is 9.35. The highest BCUT2D eigenvalue weighted by Gasteiger charge is 2.36. The number of carbonyl (C=O) groups excluding carboxylic acids is 2. The van der Waals surface area contributed by atoms with Gasteiger partial charge in [0.2, 0.25) is 11.9 Å². The molecule has 1 aliphatic heterocycles. The number of hydrogen-bond donors (Lipinski definition) is 2. The van der Waals surface area contributed by atoms with Gasteiger partial charge in [0.05, 0.1) is 23.7 Å². The summed E-state index contributed by atoms with van der Waals surface area (Å²) in [5.41, 5.74) is 1.94. The van der Waals surface area contributed by atoms with Gasteiger partial charge in [-0.2, -0.15) is 0 Å². The Morgan fingerprint density at radius 3 is 2.89 bits per heavy atom. The minimum atomic E-state index is -0.579. The van der Waals surface area contributed by atoms with E-state index in [4.69, 9.17) is 16.3 Å². The van der Waals surface area contributed by atoms with Crippen molar-refractivity contribution in [3.05, 3.63) is 53.1 Å². The number of para-hydroxylation sites is 2. The third kappa shape index (κ3) is 3.41. The van der Waals surface area contributed by atoms with Crippen LogP contribution in [-0.4, -0.2) is 46.4 Å². The highest BCUT2D eigenvalue weighted by molar-refractivity contribution is 6.31. The van der Waals surface area contributed by atoms with E-state index in [0.717, 1.165) is 17.5 Å². The van der Waals surface area contributed by atoms with E-state index in [1.807, 2.05) is 24.3 Å². The van der Waals surface area contributed by atoms with Crippen molar-refractivity contribution in [3.8, 4) is 5.75 Å². The smallest absolute Gasteiger partial charge is 0.258 e. The molecule has 2 amide bonds. The van der Waals surface area contributed by atoms with Crippen molar-refractivity contribution in [2.45, 2.75) is 18.9 Å². The fraction of sp³-hybridized carbons (Fsp3) is 0.250. The van der Waals surface area contributed by atoms with E-state index >= 15 is 0 Å². The molecule has 2 heterocycles. The summed E-state index contributed by atoms with van der Waals surface area (Å²) in [5.74, 6) is 0.246. The largest absolute Gasteiger partial charge is 0.496 e. The second-order valence-electron chi connectivity index (χ2n) is 6.59. The van der Waals surface area contributed by atoms with E-state index in [2.05, 4.69) is 15.3 Å². The first kappa shape index (κ1) is 18.3. The number of benzene rings is 2. The van der Waals surface area contributed by atoms with Gasteiger partial charge in [-0.25, -0.2) is 4.98 Å². The van der Waals surface area contributed by atoms with Gasteiger partial charge < -0.3 is 14.6 Å². The highest BCUT2D eigenvalue weighted by Crippen LogP contribution is 2.28. The second kappa shape index (κ2) is 7.52. The molecule has 1 atom stereocenters. The van der Waals surface area contributed by atoms with Crippen molar-refractivity contribution in [2.24, 2.45) is 0 Å². The predicted molar refractivity (Wildman–Crippen MR) is 107 cm³/mol. The number of aromatic nitrogens is 2. The molecule has 144 valence electrons. The molecule has 0 saturated carbocycles. The van der Waals surface area contributed by atoms with Crippen LogP contribution in [0.2, 0.25) is 5.02 Å². The molecule has 0 unspecified atom stereocenters. The molecule has 0 spiro atoms. The Morgan fingerprint density at radius 2 is 2.11 bits per heavy atom. The molecule has 4 rings (SSSR count). The van der Waals surface area contributed by atoms with Crippen LogP contribution in [0.3, 0.4) is 0 Å². The van der Waals surface area contributed by atoms with E-state index in [9.17, 15) is 9.59 Å². The van der Waals surface area contributed by atoms with Crippen molar-refractivity contribution < 1.29 is 14.3 Å². The molecule has 1 fully saturated rings. The molecule has 8 heteroatoms. The maximum Gasteiger partial charge on any atom is 0.258 e. The van der Waals surface area contributed by atoms with E-state index < -0.39 is 6.04 Å². The number of carbonyl (C=O) groups is 2. The molecule has 2 N–H and O–H groups in total. The van der Waals surface area contributed by atoms with Crippen LogP contribution in [0.4, 0.5) is 5.95 Å². The number of H-pyrrole nitrogens is 1. The summed E-state index contributed by atoms with van der Waals surface area (Å²) in [4.78, 5) is 34.9. The SMILES string of the molecule is COc1ccc(Cl)cc1C(=O)N1CCC[C@@H]1C(=O)Nc1nc2ccccc2[nH]1. The van der Waals surface area contributed by atoms with Gasteiger partial charge in [-0.05, 0) is 43.2 Å². The number of halogens is 1. The molecule has 0 bridgehead atoms. The average molecular weight is 399 g/mol. The molecule has 1 aliphatic rings. The lowest BCUT2D eigenvalue weighted by Gasteiger charge is -2.24. The Bertz CT molecular complexity index is 1020. The number of nitrogens with zero attached hydrogens (tertiary/aromatic N) is 2. The van der Waals surface area contributed by atoms with E-state index in [1.165, 1.54) is 7.11 Å². The standard InChI is InChI=1S/C20H19ClN4O3/c1-28-17-9-8-12(21)11-13(17)19(27)25-10-4-7-16(25)18(26)24-20-22-14-5-2-3-6-15(14)23-20/h2-3,5-6,8-9,11,16H,4,7,10H2,1H3,(H2,22,23,24,26)/t16-/m1/s1. The highest BCUT2D eigenvalue weighted by atomic mass is 35.5. The zero-order valence-electron chi connectivity index (χ0n) is 15.2. The third-order valence-corrected chi connectivity index (χ3v) is 5.07. The number of fused-ring (bicyclic) bond motifs is 1. The summed E-state index contributed by atoms with van der Waals surface area (Å²) >= 11 is 6.05. The monoisotopic (exact) mass is 398 g/mol. The van der Waals surface area contributed by atoms with Crippen molar-refractivity contribution in [2.75, 3.05) is 19.0 Å². The van der Waals surface area contributed by atoms with Crippen LogP contribution in [0.25, 0.3) is 11.0 Å². The minimum Gasteiger partial charge on any atom is -0.496 e. The minimum absolute atomic E-state index is 0.272. The van der Waals surface area contributed by atoms with E-state index in [1.54, 1.807) is 23.1 Å². The Morgan fingerprint density at radius 1 is 1.29 bits per heavy atom. The molecule has 3 aromatic rings. The number of rotatable bonds is 4. The molecule has 7 nitrogen and oxygen atoms in total. The van der Waals surface area contributed by atoms with Gasteiger partial charge in [0.15, 0.2) is 0 Å². The number of amides is 2. The summed E-state index contributed by atoms with van der Waals surface area (Å²) in [6, 6.07) is 11.8. The van der Waals surface area contributed by atoms with Gasteiger partial charge in [0, 0.05) is 11.6 Å². The Hall–Kier alpha value is -3.06. The zero-order chi connectivity index (χ0) is 19.7. The lowest BCUT2D eigenvalue weighted by molar-refractivity contribution is -0.119. The summed E-state index contributed by atoms with van der Waals surface area (Å²) in [5, 5.41) is 3.23. The molecular formula is C20H19ClN4O3. The number of aromatic amines is 1. The van der Waals surface area contributed by atoms with Crippen LogP contribution in [0.5, 0.6) is 5.75 Å². The molecule has 0 radical (unpaired) electrons. The number of imidazole rings is 1. The van der Waals surface area contributed by atoms with Crippen molar-refractivity contribution in [1.29, 1.82) is 0 Å². The third-order valence-electron chi connectivity index (χ3n) is 4.84. The molecular weight excluding hydrogens is 380 g/mol. The van der Waals surface area contributed by atoms with Gasteiger partial charge in [-0.3, -0.25) is 14.9 Å². The van der Waals surface area contributed by atoms with Gasteiger partial charge in [-0.1, -0.05) is 23.7 Å². The topological polar surface area (TPSA) is 87.3 Å². The number of nitrogens with one attached hydrogen (secondary N) is 2. The van der Waals surface area contributed by atoms with Crippen LogP contribution < -0.4 is 10.1 Å². The van der Waals surface area contributed by atoms with Crippen molar-refractivity contribution in [3.63, 3.8) is 0 Å². The molecule has 1 saturated heterocycles. The van der Waals surface area contributed by atoms with Crippen LogP contribution in [-0.2, 0) is 4.79 Å². The fourth-order valence-electron chi connectivity index (χ4n) is 3.50. The Balaban J connectivity index is 1.55. The molecule has 2 aromatic carbocycles. The summed E-state index contributed by atoms with van der Waals surface area (Å²) in [6.45, 7) is 0.493. The predicted octanol–water partition coefficient (Wildman–Crippen LogP) is 3.47. The molecule has 0 aliphatic carbocycles. The molecule has 28 heavy (non-hydrogen) atoms. The fourth-order valence-corrected chi connectivity index (χ4v) is 3.67. The number of hydrogen-bond acceptors (Lipinski definition) is 4. The Labute approximate surface area is 166 Å². The van der Waals surface area contributed by atoms with E-state index in [-0.39, 0.29) is 11.8 Å². The summed E-state index contributed by atoms with van der Waals surface area (Å²) in [6.07, 6.45) is 1.33. The number of methoxy groups -OCH3 is 1. The zero-order valence-corrected chi connectivity index (χ0v) is 16.0. The quantitative estimate of drug-likeness (QED) is 0.704. The van der Waals surface area contributed by atoms with Crippen LogP contribution >= 0.6 is 11.6 Å². The van der Waals surface area contributed by atoms with Crippen LogP contribution in [0.1, 0.15) is 23.2 Å². The maximum atomic E-state index is 13.1. The first-order chi connectivity index (χ1) is 13.6. The van der Waals surface area contributed by atoms with Crippen LogP contribution in [0, 0.1) is 0 Å². The summed E-state index contributed by atoms with van der Waals surface area (Å²) in [7, 11) is 1.50.